The van der Waals surface area contributed by atoms with Crippen molar-refractivity contribution in [3.63, 3.8) is 0 Å². The third-order valence-corrected chi connectivity index (χ3v) is 6.50. The molecule has 4 fully saturated rings. The van der Waals surface area contributed by atoms with E-state index in [1.54, 1.807) is 4.90 Å². The maximum Gasteiger partial charge on any atom is 0.410 e. The quantitative estimate of drug-likeness (QED) is 0.830. The number of carbonyl (C=O) groups excluding carboxylic acids is 2. The topological polar surface area (TPSA) is 61.9 Å². The maximum atomic E-state index is 12.8. The number of amides is 2. The van der Waals surface area contributed by atoms with Gasteiger partial charge < -0.3 is 19.9 Å². The second-order valence-corrected chi connectivity index (χ2v) is 7.76. The van der Waals surface area contributed by atoms with Crippen LogP contribution in [-0.2, 0) is 9.53 Å². The van der Waals surface area contributed by atoms with E-state index in [0.717, 1.165) is 58.3 Å². The SMILES string of the molecule is CCN1CC2(CCN(C(=O)[C@H]3CC34CCNCC4)CC2)OC1=O. The molecule has 4 aliphatic rings. The molecule has 0 bridgehead atoms. The van der Waals surface area contributed by atoms with Crippen LogP contribution in [0.2, 0.25) is 0 Å². The third-order valence-electron chi connectivity index (χ3n) is 6.50. The number of likely N-dealkylation sites (N-methyl/N-ethyl adjacent to an activating group) is 1. The van der Waals surface area contributed by atoms with Gasteiger partial charge in [0, 0.05) is 38.4 Å². The maximum absolute atomic E-state index is 12.8. The van der Waals surface area contributed by atoms with Crippen molar-refractivity contribution in [3.05, 3.63) is 0 Å². The fourth-order valence-electron chi connectivity index (χ4n) is 4.72. The molecule has 0 unspecified atom stereocenters. The summed E-state index contributed by atoms with van der Waals surface area (Å²) in [5, 5.41) is 3.39. The molecule has 3 saturated heterocycles. The van der Waals surface area contributed by atoms with Gasteiger partial charge in [-0.15, -0.1) is 0 Å². The smallest absolute Gasteiger partial charge is 0.410 e. The monoisotopic (exact) mass is 321 g/mol. The molecule has 1 N–H and O–H groups in total. The molecular weight excluding hydrogens is 294 g/mol. The van der Waals surface area contributed by atoms with Crippen LogP contribution in [0.1, 0.15) is 39.0 Å². The summed E-state index contributed by atoms with van der Waals surface area (Å²) in [5.41, 5.74) is -0.0455. The van der Waals surface area contributed by atoms with Crippen LogP contribution in [0.15, 0.2) is 0 Å². The van der Waals surface area contributed by atoms with Crippen molar-refractivity contribution in [3.8, 4) is 0 Å². The van der Waals surface area contributed by atoms with Gasteiger partial charge in [-0.2, -0.15) is 0 Å². The van der Waals surface area contributed by atoms with Gasteiger partial charge in [-0.25, -0.2) is 4.79 Å². The van der Waals surface area contributed by atoms with Gasteiger partial charge in [0.15, 0.2) is 0 Å². The standard InChI is InChI=1S/C17H27N3O3/c1-2-19-12-17(23-15(19)22)5-9-20(10-6-17)14(21)13-11-16(13)3-7-18-8-4-16/h13,18H,2-12H2,1H3/t13-/m1/s1. The third kappa shape index (κ3) is 2.51. The van der Waals surface area contributed by atoms with Crippen molar-refractivity contribution in [1.29, 1.82) is 0 Å². The highest BCUT2D eigenvalue weighted by atomic mass is 16.6. The molecule has 1 saturated carbocycles. The van der Waals surface area contributed by atoms with E-state index in [0.29, 0.717) is 24.4 Å². The molecule has 2 spiro atoms. The van der Waals surface area contributed by atoms with Crippen LogP contribution in [0.25, 0.3) is 0 Å². The zero-order valence-electron chi connectivity index (χ0n) is 14.0. The number of carbonyl (C=O) groups is 2. The number of ether oxygens (including phenoxy) is 1. The molecular formula is C17H27N3O3. The number of nitrogens with one attached hydrogen (secondary N) is 1. The van der Waals surface area contributed by atoms with E-state index in [9.17, 15) is 9.59 Å². The van der Waals surface area contributed by atoms with Gasteiger partial charge in [-0.05, 0) is 44.7 Å². The van der Waals surface area contributed by atoms with Gasteiger partial charge >= 0.3 is 6.09 Å². The van der Waals surface area contributed by atoms with Gasteiger partial charge in [-0.3, -0.25) is 4.79 Å². The second kappa shape index (κ2) is 5.36. The fourth-order valence-corrected chi connectivity index (χ4v) is 4.72. The molecule has 1 atom stereocenters. The van der Waals surface area contributed by atoms with Gasteiger partial charge in [0.05, 0.1) is 6.54 Å². The molecule has 6 nitrogen and oxygen atoms in total. The Balaban J connectivity index is 1.34. The summed E-state index contributed by atoms with van der Waals surface area (Å²) in [4.78, 5) is 28.4. The Morgan fingerprint density at radius 1 is 1.26 bits per heavy atom. The van der Waals surface area contributed by atoms with E-state index in [4.69, 9.17) is 4.74 Å². The van der Waals surface area contributed by atoms with Crippen molar-refractivity contribution < 1.29 is 14.3 Å². The highest BCUT2D eigenvalue weighted by Crippen LogP contribution is 2.59. The number of hydrogen-bond acceptors (Lipinski definition) is 4. The first kappa shape index (κ1) is 15.2. The molecule has 3 heterocycles. The van der Waals surface area contributed by atoms with Gasteiger partial charge in [-0.1, -0.05) is 0 Å². The highest BCUT2D eigenvalue weighted by molar-refractivity contribution is 5.83. The summed E-state index contributed by atoms with van der Waals surface area (Å²) in [6, 6.07) is 0. The largest absolute Gasteiger partial charge is 0.441 e. The Morgan fingerprint density at radius 2 is 1.96 bits per heavy atom. The van der Waals surface area contributed by atoms with E-state index in [2.05, 4.69) is 5.32 Å². The second-order valence-electron chi connectivity index (χ2n) is 7.76. The van der Waals surface area contributed by atoms with Crippen LogP contribution in [0.5, 0.6) is 0 Å². The Bertz CT molecular complexity index is 507. The van der Waals surface area contributed by atoms with Gasteiger partial charge in [0.1, 0.15) is 5.60 Å². The summed E-state index contributed by atoms with van der Waals surface area (Å²) in [5.74, 6) is 0.593. The Kier molecular flexibility index (Phi) is 3.55. The minimum atomic E-state index is -0.347. The van der Waals surface area contributed by atoms with Crippen molar-refractivity contribution >= 4 is 12.0 Å². The van der Waals surface area contributed by atoms with Crippen molar-refractivity contribution in [2.75, 3.05) is 39.3 Å². The first-order valence-electron chi connectivity index (χ1n) is 9.05. The van der Waals surface area contributed by atoms with Crippen LogP contribution in [0.4, 0.5) is 4.79 Å². The Hall–Kier alpha value is -1.30. The summed E-state index contributed by atoms with van der Waals surface area (Å²) < 4.78 is 5.65. The normalized spacial score (nSPS) is 31.5. The van der Waals surface area contributed by atoms with Crippen LogP contribution in [0.3, 0.4) is 0 Å². The summed E-state index contributed by atoms with van der Waals surface area (Å²) in [6.45, 7) is 6.92. The van der Waals surface area contributed by atoms with E-state index >= 15 is 0 Å². The predicted octanol–water partition coefficient (Wildman–Crippen LogP) is 1.21. The average molecular weight is 321 g/mol. The lowest BCUT2D eigenvalue weighted by molar-refractivity contribution is -0.137. The van der Waals surface area contributed by atoms with Crippen LogP contribution in [0, 0.1) is 11.3 Å². The van der Waals surface area contributed by atoms with Crippen LogP contribution >= 0.6 is 0 Å². The van der Waals surface area contributed by atoms with Gasteiger partial charge in [0.2, 0.25) is 5.91 Å². The fraction of sp³-hybridized carbons (Fsp3) is 0.882. The van der Waals surface area contributed by atoms with E-state index in [1.807, 2.05) is 11.8 Å². The van der Waals surface area contributed by atoms with Crippen molar-refractivity contribution in [2.24, 2.45) is 11.3 Å². The lowest BCUT2D eigenvalue weighted by Crippen LogP contribution is -2.49. The van der Waals surface area contributed by atoms with Crippen LogP contribution in [-0.4, -0.2) is 66.7 Å². The van der Waals surface area contributed by atoms with Gasteiger partial charge in [0.25, 0.3) is 0 Å². The van der Waals surface area contributed by atoms with Crippen molar-refractivity contribution in [1.82, 2.24) is 15.1 Å². The summed E-state index contributed by atoms with van der Waals surface area (Å²) in [7, 11) is 0. The molecule has 23 heavy (non-hydrogen) atoms. The Morgan fingerprint density at radius 3 is 2.57 bits per heavy atom. The summed E-state index contributed by atoms with van der Waals surface area (Å²) >= 11 is 0. The molecule has 128 valence electrons. The van der Waals surface area contributed by atoms with Crippen molar-refractivity contribution in [2.45, 2.75) is 44.6 Å². The molecule has 6 heteroatoms. The Labute approximate surface area is 137 Å². The molecule has 0 aromatic heterocycles. The molecule has 1 aliphatic carbocycles. The van der Waals surface area contributed by atoms with E-state index < -0.39 is 0 Å². The number of piperidine rings is 2. The first-order valence-corrected chi connectivity index (χ1v) is 9.05. The van der Waals surface area contributed by atoms with Crippen LogP contribution < -0.4 is 5.32 Å². The first-order chi connectivity index (χ1) is 11.1. The minimum Gasteiger partial charge on any atom is -0.441 e. The number of likely N-dealkylation sites (tertiary alicyclic amines) is 1. The molecule has 0 aromatic rings. The lowest BCUT2D eigenvalue weighted by atomic mass is 9.89. The summed E-state index contributed by atoms with van der Waals surface area (Å²) in [6.07, 6.45) is 4.73. The zero-order chi connectivity index (χ0) is 16.1. The average Bonchev–Trinajstić information content (AvgIpc) is 3.16. The molecule has 3 aliphatic heterocycles. The number of rotatable bonds is 2. The molecule has 4 rings (SSSR count). The van der Waals surface area contributed by atoms with E-state index in [1.165, 1.54) is 0 Å². The molecule has 0 aromatic carbocycles. The van der Waals surface area contributed by atoms with E-state index in [-0.39, 0.29) is 17.6 Å². The molecule has 0 radical (unpaired) electrons. The highest BCUT2D eigenvalue weighted by Gasteiger charge is 2.59. The lowest BCUT2D eigenvalue weighted by Gasteiger charge is -2.38. The zero-order valence-corrected chi connectivity index (χ0v) is 14.0. The number of nitrogens with zero attached hydrogens (tertiary/aromatic N) is 2. The number of hydrogen-bond donors (Lipinski definition) is 1. The minimum absolute atomic E-state index is 0.192. The molecule has 2 amide bonds. The predicted molar refractivity (Wildman–Crippen MR) is 84.9 cm³/mol.